The number of para-hydroxylation sites is 1. The van der Waals surface area contributed by atoms with Gasteiger partial charge < -0.3 is 5.11 Å². The first-order valence-electron chi connectivity index (χ1n) is 11.4. The Bertz CT molecular complexity index is 1870. The maximum atomic E-state index is 11.1. The smallest absolute Gasteiger partial charge is 0.149 e. The van der Waals surface area contributed by atoms with Crippen LogP contribution >= 0.6 is 0 Å². The predicted octanol–water partition coefficient (Wildman–Crippen LogP) is 7.86. The monoisotopic (exact) mass is 436 g/mol. The molecular formula is C31H20N2O. The summed E-state index contributed by atoms with van der Waals surface area (Å²) in [5, 5.41) is 17.8. The highest BCUT2D eigenvalue weighted by Crippen LogP contribution is 2.41. The summed E-state index contributed by atoms with van der Waals surface area (Å²) in [6.07, 6.45) is 0. The number of nitrogens with zero attached hydrogens (tertiary/aromatic N) is 2. The lowest BCUT2D eigenvalue weighted by atomic mass is 10.00. The number of fused-ring (bicyclic) bond motifs is 7. The van der Waals surface area contributed by atoms with Gasteiger partial charge >= 0.3 is 0 Å². The molecule has 0 aliphatic carbocycles. The number of aromatic nitrogens is 2. The summed E-state index contributed by atoms with van der Waals surface area (Å²) in [4.78, 5) is 5.21. The summed E-state index contributed by atoms with van der Waals surface area (Å²) < 4.78 is 2.19. The molecule has 160 valence electrons. The Labute approximate surface area is 196 Å². The van der Waals surface area contributed by atoms with Crippen molar-refractivity contribution in [1.29, 1.82) is 0 Å². The molecule has 1 N–H and O–H groups in total. The fraction of sp³-hybridized carbons (Fsp3) is 0. The first kappa shape index (κ1) is 18.9. The van der Waals surface area contributed by atoms with Gasteiger partial charge in [0.25, 0.3) is 0 Å². The van der Waals surface area contributed by atoms with Gasteiger partial charge in [0.2, 0.25) is 0 Å². The van der Waals surface area contributed by atoms with Crippen LogP contribution in [0.3, 0.4) is 0 Å². The Balaban J connectivity index is 1.72. The van der Waals surface area contributed by atoms with Crippen LogP contribution < -0.4 is 0 Å². The molecule has 0 aliphatic heterocycles. The molecule has 0 bridgehead atoms. The van der Waals surface area contributed by atoms with Gasteiger partial charge in [-0.15, -0.1) is 0 Å². The Morgan fingerprint density at radius 3 is 1.85 bits per heavy atom. The topological polar surface area (TPSA) is 38.1 Å². The quantitative estimate of drug-likeness (QED) is 0.280. The Morgan fingerprint density at radius 2 is 1.12 bits per heavy atom. The van der Waals surface area contributed by atoms with Crippen LogP contribution in [0.2, 0.25) is 0 Å². The second-order valence-corrected chi connectivity index (χ2v) is 8.61. The van der Waals surface area contributed by atoms with Crippen molar-refractivity contribution < 1.29 is 5.11 Å². The average molecular weight is 437 g/mol. The molecule has 1 aromatic heterocycles. The lowest BCUT2D eigenvalue weighted by Gasteiger charge is -2.13. The second-order valence-electron chi connectivity index (χ2n) is 8.61. The zero-order valence-corrected chi connectivity index (χ0v) is 18.3. The van der Waals surface area contributed by atoms with Crippen LogP contribution in [0.4, 0.5) is 0 Å². The number of aromatic hydroxyl groups is 1. The van der Waals surface area contributed by atoms with Gasteiger partial charge in [-0.1, -0.05) is 91.0 Å². The highest BCUT2D eigenvalue weighted by atomic mass is 16.3. The van der Waals surface area contributed by atoms with Crippen LogP contribution in [-0.4, -0.2) is 14.7 Å². The van der Waals surface area contributed by atoms with E-state index in [1.54, 1.807) is 0 Å². The van der Waals surface area contributed by atoms with Gasteiger partial charge in [0, 0.05) is 16.5 Å². The molecule has 3 heteroatoms. The highest BCUT2D eigenvalue weighted by molar-refractivity contribution is 6.24. The number of hydrogen-bond donors (Lipinski definition) is 1. The van der Waals surface area contributed by atoms with E-state index in [2.05, 4.69) is 71.3 Å². The van der Waals surface area contributed by atoms with Gasteiger partial charge in [-0.05, 0) is 45.8 Å². The standard InChI is InChI=1S/C31H20N2O/c34-28-19-21-11-5-4-10-20(21)18-27(28)31-32-29-25-16-8-6-14-23(25)24-15-7-9-17-26(24)30(29)33(31)22-12-2-1-3-13-22/h1-19,34H. The molecule has 7 aromatic rings. The average Bonchev–Trinajstić information content (AvgIpc) is 3.30. The third-order valence-electron chi connectivity index (χ3n) is 6.65. The maximum Gasteiger partial charge on any atom is 0.149 e. The van der Waals surface area contributed by atoms with E-state index in [1.165, 1.54) is 10.8 Å². The third-order valence-corrected chi connectivity index (χ3v) is 6.65. The van der Waals surface area contributed by atoms with Crippen molar-refractivity contribution in [3.05, 3.63) is 115 Å². The Kier molecular flexibility index (Phi) is 4.00. The van der Waals surface area contributed by atoms with E-state index in [9.17, 15) is 5.11 Å². The number of phenolic OH excluding ortho intramolecular Hbond substituents is 1. The zero-order valence-electron chi connectivity index (χ0n) is 18.3. The Hall–Kier alpha value is -4.63. The number of phenols is 1. The summed E-state index contributed by atoms with van der Waals surface area (Å²) in [7, 11) is 0. The van der Waals surface area contributed by atoms with Gasteiger partial charge in [-0.25, -0.2) is 4.98 Å². The van der Waals surface area contributed by atoms with Crippen molar-refractivity contribution in [3.8, 4) is 22.8 Å². The molecule has 0 spiro atoms. The van der Waals surface area contributed by atoms with Gasteiger partial charge in [0.1, 0.15) is 11.6 Å². The van der Waals surface area contributed by atoms with Crippen molar-refractivity contribution in [2.75, 3.05) is 0 Å². The second kappa shape index (κ2) is 7.19. The SMILES string of the molecule is Oc1cc2ccccc2cc1-c1nc2c3ccccc3c3ccccc3c2n1-c1ccccc1. The fourth-order valence-electron chi connectivity index (χ4n) is 5.12. The van der Waals surface area contributed by atoms with Crippen molar-refractivity contribution in [2.45, 2.75) is 0 Å². The summed E-state index contributed by atoms with van der Waals surface area (Å²) in [5.41, 5.74) is 3.70. The largest absolute Gasteiger partial charge is 0.507 e. The normalized spacial score (nSPS) is 11.6. The van der Waals surface area contributed by atoms with Crippen LogP contribution in [0.25, 0.3) is 60.4 Å². The third kappa shape index (κ3) is 2.67. The van der Waals surface area contributed by atoms with Gasteiger partial charge in [-0.2, -0.15) is 0 Å². The van der Waals surface area contributed by atoms with Crippen LogP contribution in [-0.2, 0) is 0 Å². The van der Waals surface area contributed by atoms with Gasteiger partial charge in [-0.3, -0.25) is 4.57 Å². The minimum Gasteiger partial charge on any atom is -0.507 e. The minimum absolute atomic E-state index is 0.222. The zero-order chi connectivity index (χ0) is 22.6. The molecule has 0 saturated carbocycles. The number of hydrogen-bond acceptors (Lipinski definition) is 2. The lowest BCUT2D eigenvalue weighted by molar-refractivity contribution is 0.477. The van der Waals surface area contributed by atoms with E-state index in [-0.39, 0.29) is 5.75 Å². The van der Waals surface area contributed by atoms with E-state index < -0.39 is 0 Å². The summed E-state index contributed by atoms with van der Waals surface area (Å²) >= 11 is 0. The molecule has 0 fully saturated rings. The first-order chi connectivity index (χ1) is 16.8. The summed E-state index contributed by atoms with van der Waals surface area (Å²) in [5.74, 6) is 0.950. The summed E-state index contributed by atoms with van der Waals surface area (Å²) in [6.45, 7) is 0. The van der Waals surface area contributed by atoms with Gasteiger partial charge in [0.15, 0.2) is 0 Å². The number of imidazole rings is 1. The van der Waals surface area contributed by atoms with E-state index in [0.717, 1.165) is 44.1 Å². The van der Waals surface area contributed by atoms with Gasteiger partial charge in [0.05, 0.1) is 16.6 Å². The molecule has 34 heavy (non-hydrogen) atoms. The molecule has 7 rings (SSSR count). The molecule has 0 atom stereocenters. The number of rotatable bonds is 2. The van der Waals surface area contributed by atoms with E-state index >= 15 is 0 Å². The minimum atomic E-state index is 0.222. The van der Waals surface area contributed by atoms with Crippen LogP contribution in [0.15, 0.2) is 115 Å². The Morgan fingerprint density at radius 1 is 0.559 bits per heavy atom. The first-order valence-corrected chi connectivity index (χ1v) is 11.4. The van der Waals surface area contributed by atoms with Crippen molar-refractivity contribution in [3.63, 3.8) is 0 Å². The van der Waals surface area contributed by atoms with Crippen LogP contribution in [0.5, 0.6) is 5.75 Å². The molecule has 0 radical (unpaired) electrons. The molecule has 0 saturated heterocycles. The fourth-order valence-corrected chi connectivity index (χ4v) is 5.12. The van der Waals surface area contributed by atoms with E-state index in [4.69, 9.17) is 4.98 Å². The predicted molar refractivity (Wildman–Crippen MR) is 141 cm³/mol. The number of benzene rings is 6. The van der Waals surface area contributed by atoms with E-state index in [1.807, 2.05) is 48.5 Å². The highest BCUT2D eigenvalue weighted by Gasteiger charge is 2.21. The van der Waals surface area contributed by atoms with Crippen molar-refractivity contribution >= 4 is 43.4 Å². The van der Waals surface area contributed by atoms with E-state index in [0.29, 0.717) is 5.56 Å². The maximum absolute atomic E-state index is 11.1. The molecule has 1 heterocycles. The van der Waals surface area contributed by atoms with Crippen molar-refractivity contribution in [2.24, 2.45) is 0 Å². The van der Waals surface area contributed by atoms with Crippen LogP contribution in [0, 0.1) is 0 Å². The molecule has 0 aliphatic rings. The molecule has 3 nitrogen and oxygen atoms in total. The molecule has 6 aromatic carbocycles. The summed E-state index contributed by atoms with van der Waals surface area (Å²) in [6, 6.07) is 39.1. The lowest BCUT2D eigenvalue weighted by Crippen LogP contribution is -1.98. The molecule has 0 unspecified atom stereocenters. The van der Waals surface area contributed by atoms with Crippen LogP contribution in [0.1, 0.15) is 0 Å². The molecular weight excluding hydrogens is 416 g/mol. The van der Waals surface area contributed by atoms with Crippen molar-refractivity contribution in [1.82, 2.24) is 9.55 Å². The molecule has 0 amide bonds.